The second-order valence-electron chi connectivity index (χ2n) is 14.5. The van der Waals surface area contributed by atoms with E-state index in [9.17, 15) is 28.8 Å². The van der Waals surface area contributed by atoms with Crippen LogP contribution in [0.1, 0.15) is 91.9 Å². The number of hydrogen-bond acceptors (Lipinski definition) is 7. The van der Waals surface area contributed by atoms with E-state index < -0.39 is 59.3 Å². The summed E-state index contributed by atoms with van der Waals surface area (Å²) in [5, 5.41) is 11.2. The van der Waals surface area contributed by atoms with Gasteiger partial charge in [0.2, 0.25) is 17.6 Å². The third kappa shape index (κ3) is 8.88. The van der Waals surface area contributed by atoms with Crippen molar-refractivity contribution < 1.29 is 33.5 Å². The van der Waals surface area contributed by atoms with Crippen LogP contribution in [0.15, 0.2) is 0 Å². The molecule has 0 bridgehead atoms. The highest BCUT2D eigenvalue weighted by Gasteiger charge is 2.58. The molecule has 0 aromatic carbocycles. The minimum atomic E-state index is -1.08. The van der Waals surface area contributed by atoms with Gasteiger partial charge in [-0.05, 0) is 61.7 Å². The number of primary amides is 1. The van der Waals surface area contributed by atoms with Crippen LogP contribution in [-0.4, -0.2) is 84.4 Å². The molecule has 1 saturated heterocycles. The molecule has 252 valence electrons. The van der Waals surface area contributed by atoms with Gasteiger partial charge < -0.3 is 36.6 Å². The van der Waals surface area contributed by atoms with Crippen LogP contribution in [0, 0.1) is 29.1 Å². The number of amides is 6. The average molecular weight is 633 g/mol. The normalized spacial score (nSPS) is 25.1. The Morgan fingerprint density at radius 3 is 2.20 bits per heavy atom. The number of piperidine rings is 1. The first kappa shape index (κ1) is 34.5. The molecule has 0 spiro atoms. The number of ketones is 1. The van der Waals surface area contributed by atoms with Gasteiger partial charge >= 0.3 is 12.1 Å². The highest BCUT2D eigenvalue weighted by atomic mass is 16.5. The van der Waals surface area contributed by atoms with Crippen molar-refractivity contribution in [3.8, 4) is 0 Å². The van der Waals surface area contributed by atoms with E-state index in [0.29, 0.717) is 19.5 Å². The lowest BCUT2D eigenvalue weighted by Gasteiger charge is -2.37. The van der Waals surface area contributed by atoms with Crippen LogP contribution in [0.5, 0.6) is 0 Å². The summed E-state index contributed by atoms with van der Waals surface area (Å²) in [4.78, 5) is 79.3. The molecule has 6 N–H and O–H groups in total. The van der Waals surface area contributed by atoms with Crippen LogP contribution < -0.4 is 27.0 Å². The summed E-state index contributed by atoms with van der Waals surface area (Å²) in [6.45, 7) is 8.31. The number of Topliss-reactive ketones (excluding diaryl/α,β-unsaturated/α-hetero) is 1. The van der Waals surface area contributed by atoms with E-state index in [1.807, 2.05) is 20.8 Å². The van der Waals surface area contributed by atoms with E-state index >= 15 is 0 Å². The summed E-state index contributed by atoms with van der Waals surface area (Å²) in [5.41, 5.74) is 4.86. The van der Waals surface area contributed by atoms with Crippen LogP contribution in [0.2, 0.25) is 0 Å². The fraction of sp³-hybridized carbons (Fsp3) is 0.812. The zero-order valence-electron chi connectivity index (χ0n) is 27.2. The van der Waals surface area contributed by atoms with Gasteiger partial charge in [-0.15, -0.1) is 0 Å². The van der Waals surface area contributed by atoms with Gasteiger partial charge in [-0.3, -0.25) is 19.2 Å². The van der Waals surface area contributed by atoms with Crippen molar-refractivity contribution in [2.75, 3.05) is 19.7 Å². The number of fused-ring (bicyclic) bond motifs is 1. The molecule has 0 radical (unpaired) electrons. The van der Waals surface area contributed by atoms with Crippen molar-refractivity contribution in [2.45, 2.75) is 116 Å². The SMILES string of the molecule is CCNC(=O)OCC(NC(=O)NC(C(=O)N1CC2C[C@@H]2C1C(=O)NC(CC1CCC1)C(=O)C(N)=O)C1CCCCC1)C(C)(C)C. The molecule has 3 saturated carbocycles. The first-order valence-corrected chi connectivity index (χ1v) is 16.7. The fourth-order valence-corrected chi connectivity index (χ4v) is 6.98. The molecule has 1 heterocycles. The standard InChI is InChI=1S/C32H52N6O7/c1-5-34-31(44)45-17-23(32(2,3)4)36-30(43)37-24(19-12-7-6-8-13-19)29(42)38-16-20-15-21(20)25(38)28(41)35-22(26(39)27(33)40)14-18-10-9-11-18/h18-25H,5-17H2,1-4H3,(H2,33,40)(H,34,44)(H,35,41)(H2,36,37,43)/t20?,21-,22?,23?,24?,25?/m0/s1. The van der Waals surface area contributed by atoms with Crippen molar-refractivity contribution in [3.05, 3.63) is 0 Å². The summed E-state index contributed by atoms with van der Waals surface area (Å²) in [6.07, 6.45) is 7.98. The third-order valence-electron chi connectivity index (χ3n) is 10.1. The third-order valence-corrected chi connectivity index (χ3v) is 10.1. The molecule has 4 aliphatic rings. The van der Waals surface area contributed by atoms with Gasteiger partial charge in [0.1, 0.15) is 18.7 Å². The van der Waals surface area contributed by atoms with E-state index in [-0.39, 0.29) is 36.2 Å². The maximum atomic E-state index is 14.3. The number of ether oxygens (including phenoxy) is 1. The molecular weight excluding hydrogens is 580 g/mol. The molecule has 4 fully saturated rings. The number of rotatable bonds is 13. The van der Waals surface area contributed by atoms with Gasteiger partial charge in [0.15, 0.2) is 0 Å². The highest BCUT2D eigenvalue weighted by Crippen LogP contribution is 2.50. The average Bonchev–Trinajstić information content (AvgIpc) is 3.62. The predicted octanol–water partition coefficient (Wildman–Crippen LogP) is 1.97. The second-order valence-corrected chi connectivity index (χ2v) is 14.5. The zero-order chi connectivity index (χ0) is 32.9. The number of likely N-dealkylation sites (tertiary alicyclic amines) is 1. The number of nitrogens with two attached hydrogens (primary N) is 1. The fourth-order valence-electron chi connectivity index (χ4n) is 6.98. The Bertz CT molecular complexity index is 1130. The van der Waals surface area contributed by atoms with Crippen molar-refractivity contribution in [2.24, 2.45) is 34.8 Å². The summed E-state index contributed by atoms with van der Waals surface area (Å²) >= 11 is 0. The number of alkyl carbamates (subject to hydrolysis) is 1. The molecule has 3 aliphatic carbocycles. The van der Waals surface area contributed by atoms with E-state index in [1.54, 1.807) is 11.8 Å². The van der Waals surface area contributed by atoms with Gasteiger partial charge in [-0.25, -0.2) is 9.59 Å². The maximum Gasteiger partial charge on any atom is 0.407 e. The molecule has 1 aliphatic heterocycles. The lowest BCUT2D eigenvalue weighted by Crippen LogP contribution is -2.61. The number of hydrogen-bond donors (Lipinski definition) is 5. The first-order valence-electron chi connectivity index (χ1n) is 16.7. The Hall–Kier alpha value is -3.38. The molecule has 0 aromatic rings. The van der Waals surface area contributed by atoms with Gasteiger partial charge in [0.05, 0.1) is 12.1 Å². The molecule has 5 unspecified atom stereocenters. The molecule has 0 aromatic heterocycles. The van der Waals surface area contributed by atoms with Crippen LogP contribution in [-0.2, 0) is 23.9 Å². The van der Waals surface area contributed by atoms with Crippen molar-refractivity contribution >= 4 is 35.6 Å². The summed E-state index contributed by atoms with van der Waals surface area (Å²) < 4.78 is 5.31. The second kappa shape index (κ2) is 14.8. The first-order chi connectivity index (χ1) is 21.3. The van der Waals surface area contributed by atoms with E-state index in [1.165, 1.54) is 0 Å². The molecule has 6 atom stereocenters. The smallest absolute Gasteiger partial charge is 0.407 e. The van der Waals surface area contributed by atoms with Crippen LogP contribution >= 0.6 is 0 Å². The quantitative estimate of drug-likeness (QED) is 0.192. The van der Waals surface area contributed by atoms with Gasteiger partial charge in [-0.1, -0.05) is 59.3 Å². The number of nitrogens with one attached hydrogen (secondary N) is 4. The lowest BCUT2D eigenvalue weighted by atomic mass is 9.80. The Kier molecular flexibility index (Phi) is 11.4. The van der Waals surface area contributed by atoms with Crippen LogP contribution in [0.4, 0.5) is 9.59 Å². The summed E-state index contributed by atoms with van der Waals surface area (Å²) in [6, 6.07) is -3.71. The Morgan fingerprint density at radius 1 is 0.933 bits per heavy atom. The number of urea groups is 1. The zero-order valence-corrected chi connectivity index (χ0v) is 27.2. The molecule has 4 rings (SSSR count). The highest BCUT2D eigenvalue weighted by molar-refractivity contribution is 6.37. The minimum absolute atomic E-state index is 0.0282. The summed E-state index contributed by atoms with van der Waals surface area (Å²) in [5.74, 6) is -2.36. The topological polar surface area (TPSA) is 189 Å². The number of carbonyl (C=O) groups excluding carboxylic acids is 6. The van der Waals surface area contributed by atoms with Crippen LogP contribution in [0.3, 0.4) is 0 Å². The van der Waals surface area contributed by atoms with E-state index in [0.717, 1.165) is 57.8 Å². The number of carbonyl (C=O) groups is 6. The minimum Gasteiger partial charge on any atom is -0.447 e. The monoisotopic (exact) mass is 632 g/mol. The van der Waals surface area contributed by atoms with Gasteiger partial charge in [0, 0.05) is 13.1 Å². The van der Waals surface area contributed by atoms with Crippen molar-refractivity contribution in [1.29, 1.82) is 0 Å². The Morgan fingerprint density at radius 2 is 1.62 bits per heavy atom. The molecule has 13 nitrogen and oxygen atoms in total. The van der Waals surface area contributed by atoms with Crippen molar-refractivity contribution in [1.82, 2.24) is 26.2 Å². The summed E-state index contributed by atoms with van der Waals surface area (Å²) in [7, 11) is 0. The van der Waals surface area contributed by atoms with Crippen LogP contribution in [0.25, 0.3) is 0 Å². The van der Waals surface area contributed by atoms with Crippen molar-refractivity contribution in [3.63, 3.8) is 0 Å². The van der Waals surface area contributed by atoms with E-state index in [4.69, 9.17) is 10.5 Å². The van der Waals surface area contributed by atoms with E-state index in [2.05, 4.69) is 21.3 Å². The molecule has 13 heteroatoms. The predicted molar refractivity (Wildman–Crippen MR) is 165 cm³/mol. The molecule has 45 heavy (non-hydrogen) atoms. The Balaban J connectivity index is 1.48. The molecular formula is C32H52N6O7. The maximum absolute atomic E-state index is 14.3. The largest absolute Gasteiger partial charge is 0.447 e. The Labute approximate surface area is 265 Å². The number of nitrogens with zero attached hydrogens (tertiary/aromatic N) is 1. The van der Waals surface area contributed by atoms with Gasteiger partial charge in [-0.2, -0.15) is 0 Å². The molecule has 6 amide bonds. The van der Waals surface area contributed by atoms with Gasteiger partial charge in [0.25, 0.3) is 5.91 Å². The lowest BCUT2D eigenvalue weighted by molar-refractivity contribution is -0.144.